The molecular weight excluding hydrogens is 402 g/mol. The van der Waals surface area contributed by atoms with Gasteiger partial charge in [0.2, 0.25) is 0 Å². The number of carbonyl (C=O) groups excluding carboxylic acids is 2. The summed E-state index contributed by atoms with van der Waals surface area (Å²) >= 11 is 1.35. The van der Waals surface area contributed by atoms with E-state index in [0.717, 1.165) is 21.6 Å². The Kier molecular flexibility index (Phi) is 5.84. The van der Waals surface area contributed by atoms with Crippen molar-refractivity contribution in [2.75, 3.05) is 4.90 Å². The second kappa shape index (κ2) is 8.56. The summed E-state index contributed by atoms with van der Waals surface area (Å²) in [5.41, 5.74) is 5.17. The molecule has 1 aliphatic heterocycles. The van der Waals surface area contributed by atoms with Gasteiger partial charge in [-0.3, -0.25) is 9.59 Å². The summed E-state index contributed by atoms with van der Waals surface area (Å²) in [6.45, 7) is 8.25. The van der Waals surface area contributed by atoms with Crippen LogP contribution in [-0.4, -0.2) is 11.8 Å². The lowest BCUT2D eigenvalue weighted by Gasteiger charge is -2.16. The molecule has 2 amide bonds. The van der Waals surface area contributed by atoms with Gasteiger partial charge >= 0.3 is 0 Å². The molecule has 156 valence electrons. The van der Waals surface area contributed by atoms with Gasteiger partial charge in [-0.1, -0.05) is 79.7 Å². The number of thioether (sulfide) groups is 1. The van der Waals surface area contributed by atoms with Gasteiger partial charge < -0.3 is 0 Å². The number of carbonyl (C=O) groups is 2. The maximum Gasteiger partial charge on any atom is 0.272 e. The van der Waals surface area contributed by atoms with Crippen molar-refractivity contribution in [2.45, 2.75) is 38.5 Å². The SMILES string of the molecule is Cc1ccc(C2=C(Sc3ccccc3)C(=O)N(c3ccc(C(C)C)cc3)C2=O)c(C)c1. The monoisotopic (exact) mass is 427 g/mol. The molecule has 0 unspecified atom stereocenters. The number of amides is 2. The van der Waals surface area contributed by atoms with Crippen molar-refractivity contribution in [1.82, 2.24) is 0 Å². The van der Waals surface area contributed by atoms with Crippen molar-refractivity contribution in [1.29, 1.82) is 0 Å². The Bertz CT molecular complexity index is 1180. The highest BCUT2D eigenvalue weighted by molar-refractivity contribution is 8.04. The fourth-order valence-electron chi connectivity index (χ4n) is 3.79. The third-order valence-corrected chi connectivity index (χ3v) is 6.56. The molecule has 3 aromatic rings. The van der Waals surface area contributed by atoms with Crippen LogP contribution >= 0.6 is 11.8 Å². The fraction of sp³-hybridized carbons (Fsp3) is 0.185. The van der Waals surface area contributed by atoms with Crippen LogP contribution in [0.15, 0.2) is 82.6 Å². The van der Waals surface area contributed by atoms with E-state index in [1.54, 1.807) is 0 Å². The normalized spacial score (nSPS) is 14.2. The standard InChI is InChI=1S/C27H25NO2S/c1-17(2)20-11-13-21(14-12-20)28-26(29)24(23-15-10-18(3)16-19(23)4)25(27(28)30)31-22-8-6-5-7-9-22/h5-17H,1-4H3. The molecule has 0 atom stereocenters. The number of nitrogens with zero attached hydrogens (tertiary/aromatic N) is 1. The van der Waals surface area contributed by atoms with Crippen LogP contribution < -0.4 is 4.90 Å². The predicted molar refractivity (Wildman–Crippen MR) is 128 cm³/mol. The molecule has 0 saturated carbocycles. The van der Waals surface area contributed by atoms with Crippen molar-refractivity contribution in [2.24, 2.45) is 0 Å². The van der Waals surface area contributed by atoms with Gasteiger partial charge in [0.05, 0.1) is 16.2 Å². The van der Waals surface area contributed by atoms with E-state index in [1.807, 2.05) is 86.6 Å². The van der Waals surface area contributed by atoms with Gasteiger partial charge in [-0.25, -0.2) is 4.90 Å². The van der Waals surface area contributed by atoms with E-state index in [4.69, 9.17) is 0 Å². The first-order chi connectivity index (χ1) is 14.9. The van der Waals surface area contributed by atoms with Gasteiger partial charge in [0.1, 0.15) is 0 Å². The minimum atomic E-state index is -0.272. The van der Waals surface area contributed by atoms with Crippen LogP contribution in [-0.2, 0) is 9.59 Å². The summed E-state index contributed by atoms with van der Waals surface area (Å²) in [7, 11) is 0. The van der Waals surface area contributed by atoms with E-state index >= 15 is 0 Å². The zero-order valence-corrected chi connectivity index (χ0v) is 19.0. The van der Waals surface area contributed by atoms with E-state index in [-0.39, 0.29) is 11.8 Å². The molecule has 31 heavy (non-hydrogen) atoms. The van der Waals surface area contributed by atoms with E-state index in [2.05, 4.69) is 13.8 Å². The minimum Gasteiger partial charge on any atom is -0.268 e. The second-order valence-corrected chi connectivity index (χ2v) is 9.21. The maximum absolute atomic E-state index is 13.6. The number of benzene rings is 3. The van der Waals surface area contributed by atoms with Gasteiger partial charge in [0.15, 0.2) is 0 Å². The zero-order chi connectivity index (χ0) is 22.1. The summed E-state index contributed by atoms with van der Waals surface area (Å²) in [6.07, 6.45) is 0. The Balaban J connectivity index is 1.81. The largest absolute Gasteiger partial charge is 0.272 e. The molecule has 1 heterocycles. The predicted octanol–water partition coefficient (Wildman–Crippen LogP) is 6.50. The molecule has 0 aliphatic carbocycles. The van der Waals surface area contributed by atoms with Gasteiger partial charge in [-0.15, -0.1) is 0 Å². The molecular formula is C27H25NO2S. The molecule has 1 aliphatic rings. The first kappa shape index (κ1) is 21.1. The molecule has 0 radical (unpaired) electrons. The van der Waals surface area contributed by atoms with Gasteiger partial charge in [-0.2, -0.15) is 0 Å². The van der Waals surface area contributed by atoms with Crippen molar-refractivity contribution in [3.63, 3.8) is 0 Å². The third-order valence-electron chi connectivity index (χ3n) is 5.47. The van der Waals surface area contributed by atoms with Crippen LogP contribution in [0.5, 0.6) is 0 Å². The van der Waals surface area contributed by atoms with Crippen LogP contribution in [0, 0.1) is 13.8 Å². The molecule has 0 saturated heterocycles. The number of rotatable bonds is 5. The number of hydrogen-bond donors (Lipinski definition) is 0. The Hall–Kier alpha value is -3.11. The third kappa shape index (κ3) is 4.08. The van der Waals surface area contributed by atoms with Crippen LogP contribution in [0.25, 0.3) is 5.57 Å². The lowest BCUT2D eigenvalue weighted by molar-refractivity contribution is -0.119. The Morgan fingerprint density at radius 1 is 0.806 bits per heavy atom. The molecule has 0 aromatic heterocycles. The molecule has 0 bridgehead atoms. The minimum absolute atomic E-state index is 0.271. The van der Waals surface area contributed by atoms with E-state index in [9.17, 15) is 9.59 Å². The van der Waals surface area contributed by atoms with E-state index < -0.39 is 0 Å². The highest BCUT2D eigenvalue weighted by atomic mass is 32.2. The lowest BCUT2D eigenvalue weighted by Crippen LogP contribution is -2.31. The van der Waals surface area contributed by atoms with Crippen LogP contribution in [0.1, 0.15) is 42.0 Å². The van der Waals surface area contributed by atoms with Crippen molar-refractivity contribution >= 4 is 34.8 Å². The summed E-state index contributed by atoms with van der Waals surface area (Å²) in [5, 5.41) is 0. The number of anilines is 1. The van der Waals surface area contributed by atoms with Crippen molar-refractivity contribution in [3.8, 4) is 0 Å². The average Bonchev–Trinajstić information content (AvgIpc) is 2.99. The fourth-order valence-corrected chi connectivity index (χ4v) is 4.79. The number of hydrogen-bond acceptors (Lipinski definition) is 3. The van der Waals surface area contributed by atoms with Gasteiger partial charge in [0, 0.05) is 4.90 Å². The zero-order valence-electron chi connectivity index (χ0n) is 18.2. The summed E-state index contributed by atoms with van der Waals surface area (Å²) in [5.74, 6) is -0.161. The molecule has 3 aromatic carbocycles. The molecule has 4 heteroatoms. The smallest absolute Gasteiger partial charge is 0.268 e. The summed E-state index contributed by atoms with van der Waals surface area (Å²) < 4.78 is 0. The summed E-state index contributed by atoms with van der Waals surface area (Å²) in [4.78, 5) is 29.8. The maximum atomic E-state index is 13.6. The molecule has 4 rings (SSSR count). The first-order valence-corrected chi connectivity index (χ1v) is 11.2. The Morgan fingerprint density at radius 3 is 2.10 bits per heavy atom. The van der Waals surface area contributed by atoms with Crippen molar-refractivity contribution < 1.29 is 9.59 Å². The number of aryl methyl sites for hydroxylation is 2. The average molecular weight is 428 g/mol. The van der Waals surface area contributed by atoms with Gasteiger partial charge in [-0.05, 0) is 60.7 Å². The first-order valence-electron chi connectivity index (χ1n) is 10.4. The van der Waals surface area contributed by atoms with Crippen LogP contribution in [0.4, 0.5) is 5.69 Å². The molecule has 0 fully saturated rings. The molecule has 0 spiro atoms. The Morgan fingerprint density at radius 2 is 1.48 bits per heavy atom. The highest BCUT2D eigenvalue weighted by Gasteiger charge is 2.40. The summed E-state index contributed by atoms with van der Waals surface area (Å²) in [6, 6.07) is 23.4. The quantitative estimate of drug-likeness (QED) is 0.436. The Labute approximate surface area is 187 Å². The topological polar surface area (TPSA) is 37.4 Å². The lowest BCUT2D eigenvalue weighted by atomic mass is 9.98. The second-order valence-electron chi connectivity index (χ2n) is 8.13. The molecule has 3 nitrogen and oxygen atoms in total. The highest BCUT2D eigenvalue weighted by Crippen LogP contribution is 2.42. The van der Waals surface area contributed by atoms with Crippen LogP contribution in [0.3, 0.4) is 0 Å². The van der Waals surface area contributed by atoms with Crippen LogP contribution in [0.2, 0.25) is 0 Å². The van der Waals surface area contributed by atoms with Crippen molar-refractivity contribution in [3.05, 3.63) is 100.0 Å². The van der Waals surface area contributed by atoms with E-state index in [0.29, 0.717) is 22.1 Å². The molecule has 0 N–H and O–H groups in total. The number of imide groups is 1. The van der Waals surface area contributed by atoms with E-state index in [1.165, 1.54) is 22.2 Å². The van der Waals surface area contributed by atoms with Gasteiger partial charge in [0.25, 0.3) is 11.8 Å².